The van der Waals surface area contributed by atoms with Crippen molar-refractivity contribution in [3.05, 3.63) is 99.4 Å². The number of esters is 1. The molecule has 4 nitrogen and oxygen atoms in total. The van der Waals surface area contributed by atoms with Crippen LogP contribution in [-0.4, -0.2) is 17.7 Å². The Labute approximate surface area is 216 Å². The van der Waals surface area contributed by atoms with Gasteiger partial charge in [-0.15, -0.1) is 0 Å². The molecule has 2 unspecified atom stereocenters. The molecule has 1 saturated heterocycles. The largest absolute Gasteiger partial charge is 0.420 e. The number of ether oxygens (including phenoxy) is 2. The number of carbonyl (C=O) groups is 1. The van der Waals surface area contributed by atoms with Crippen LogP contribution in [0.2, 0.25) is 0 Å². The fourth-order valence-electron chi connectivity index (χ4n) is 5.18. The molecule has 0 spiro atoms. The van der Waals surface area contributed by atoms with Gasteiger partial charge in [-0.05, 0) is 79.8 Å². The topological polar surface area (TPSA) is 59.1 Å². The molecular formula is C29H25F5O4. The van der Waals surface area contributed by atoms with Crippen molar-refractivity contribution in [1.29, 1.82) is 0 Å². The Morgan fingerprint density at radius 2 is 1.42 bits per heavy atom. The Morgan fingerprint density at radius 3 is 2.03 bits per heavy atom. The summed E-state index contributed by atoms with van der Waals surface area (Å²) in [5.41, 5.74) is 0.396. The summed E-state index contributed by atoms with van der Waals surface area (Å²) in [7, 11) is 0. The molecule has 0 amide bonds. The van der Waals surface area contributed by atoms with Crippen LogP contribution >= 0.6 is 0 Å². The van der Waals surface area contributed by atoms with E-state index < -0.39 is 53.0 Å². The van der Waals surface area contributed by atoms with E-state index in [0.717, 1.165) is 12.1 Å². The van der Waals surface area contributed by atoms with Crippen molar-refractivity contribution < 1.29 is 41.3 Å². The maximum Gasteiger partial charge on any atom is 0.343 e. The number of carbonyl (C=O) groups excluding carboxylic acids is 1. The maximum absolute atomic E-state index is 15.0. The minimum Gasteiger partial charge on any atom is -0.420 e. The van der Waals surface area contributed by atoms with Gasteiger partial charge in [-0.25, -0.2) is 22.4 Å². The number of hydrogen-bond donors (Lipinski definition) is 1. The van der Waals surface area contributed by atoms with Crippen molar-refractivity contribution >= 4 is 5.97 Å². The van der Waals surface area contributed by atoms with Crippen molar-refractivity contribution in [2.24, 2.45) is 0 Å². The number of halogens is 5. The Bertz CT molecular complexity index is 1380. The molecule has 1 saturated carbocycles. The van der Waals surface area contributed by atoms with Gasteiger partial charge < -0.3 is 14.6 Å². The van der Waals surface area contributed by atoms with Crippen LogP contribution in [0.3, 0.4) is 0 Å². The number of aliphatic hydroxyl groups excluding tert-OH is 1. The highest BCUT2D eigenvalue weighted by atomic mass is 19.2. The molecule has 2 atom stereocenters. The van der Waals surface area contributed by atoms with Crippen molar-refractivity contribution in [3.8, 4) is 5.75 Å². The summed E-state index contributed by atoms with van der Waals surface area (Å²) in [6, 6.07) is 9.10. The van der Waals surface area contributed by atoms with Gasteiger partial charge in [0.15, 0.2) is 23.2 Å². The van der Waals surface area contributed by atoms with Gasteiger partial charge >= 0.3 is 5.97 Å². The molecule has 1 aliphatic carbocycles. The molecule has 0 bridgehead atoms. The predicted molar refractivity (Wildman–Crippen MR) is 127 cm³/mol. The zero-order valence-electron chi connectivity index (χ0n) is 20.4. The lowest BCUT2D eigenvalue weighted by molar-refractivity contribution is 0.0726. The van der Waals surface area contributed by atoms with E-state index in [9.17, 15) is 31.9 Å². The van der Waals surface area contributed by atoms with Crippen molar-refractivity contribution in [3.63, 3.8) is 0 Å². The number of epoxide rings is 1. The molecule has 1 heterocycles. The number of hydrogen-bond acceptors (Lipinski definition) is 4. The summed E-state index contributed by atoms with van der Waals surface area (Å²) in [4.78, 5) is 12.5. The highest BCUT2D eigenvalue weighted by molar-refractivity contribution is 5.91. The zero-order chi connectivity index (χ0) is 27.1. The summed E-state index contributed by atoms with van der Waals surface area (Å²) in [5.74, 6) is -7.21. The fraction of sp³-hybridized carbons (Fsp3) is 0.345. The maximum atomic E-state index is 15.0. The molecule has 9 heteroatoms. The second-order valence-corrected chi connectivity index (χ2v) is 9.83. The number of benzene rings is 3. The van der Waals surface area contributed by atoms with E-state index >= 15 is 0 Å². The molecule has 3 aromatic rings. The average molecular weight is 533 g/mol. The first-order valence-electron chi connectivity index (χ1n) is 12.4. The Morgan fingerprint density at radius 1 is 0.842 bits per heavy atom. The van der Waals surface area contributed by atoms with E-state index in [2.05, 4.69) is 0 Å². The smallest absolute Gasteiger partial charge is 0.343 e. The molecule has 2 aliphatic rings. The third-order valence-corrected chi connectivity index (χ3v) is 7.39. The van der Waals surface area contributed by atoms with Gasteiger partial charge in [0, 0.05) is 11.1 Å². The first-order chi connectivity index (χ1) is 18.2. The lowest BCUT2D eigenvalue weighted by Crippen LogP contribution is -2.16. The minimum atomic E-state index is -1.32. The second-order valence-electron chi connectivity index (χ2n) is 9.83. The molecule has 38 heavy (non-hydrogen) atoms. The van der Waals surface area contributed by atoms with E-state index in [1.165, 1.54) is 37.3 Å². The van der Waals surface area contributed by atoms with Crippen LogP contribution < -0.4 is 4.74 Å². The van der Waals surface area contributed by atoms with Crippen molar-refractivity contribution in [2.45, 2.75) is 56.7 Å². The van der Waals surface area contributed by atoms with Crippen LogP contribution in [0, 0.1) is 29.1 Å². The molecule has 0 radical (unpaired) electrons. The minimum absolute atomic E-state index is 0.0389. The Hall–Kier alpha value is -3.30. The van der Waals surface area contributed by atoms with Gasteiger partial charge in [-0.1, -0.05) is 18.2 Å². The van der Waals surface area contributed by atoms with Gasteiger partial charge in [0.2, 0.25) is 5.82 Å². The summed E-state index contributed by atoms with van der Waals surface area (Å²) in [6.45, 7) is 1.65. The molecule has 2 fully saturated rings. The molecule has 1 N–H and O–H groups in total. The Kier molecular flexibility index (Phi) is 7.24. The standard InChI is InChI=1S/C29H25F5O4/c1-14(35)18-8-9-20(26(32)25(18)31)16-4-2-15(3-5-16)19-7-6-17(12-22(19)30)29(36)38-23-11-10-21(24-13-37-24)27(33)28(23)34/h6-12,14-16,24,35H,2-5,13H2,1H3. The monoisotopic (exact) mass is 532 g/mol. The van der Waals surface area contributed by atoms with Gasteiger partial charge in [0.05, 0.1) is 18.3 Å². The van der Waals surface area contributed by atoms with E-state index in [-0.39, 0.29) is 40.7 Å². The van der Waals surface area contributed by atoms with E-state index in [4.69, 9.17) is 9.47 Å². The predicted octanol–water partition coefficient (Wildman–Crippen LogP) is 7.17. The van der Waals surface area contributed by atoms with Crippen LogP contribution in [0.1, 0.15) is 89.3 Å². The summed E-state index contributed by atoms with van der Waals surface area (Å²) >= 11 is 0. The lowest BCUT2D eigenvalue weighted by atomic mass is 9.75. The normalized spacial score (nSPS) is 21.7. The van der Waals surface area contributed by atoms with Gasteiger partial charge in [0.25, 0.3) is 0 Å². The molecule has 3 aromatic carbocycles. The lowest BCUT2D eigenvalue weighted by Gasteiger charge is -2.30. The first kappa shape index (κ1) is 26.3. The molecule has 5 rings (SSSR count). The van der Waals surface area contributed by atoms with E-state index in [1.54, 1.807) is 0 Å². The first-order valence-corrected chi connectivity index (χ1v) is 12.4. The molecular weight excluding hydrogens is 507 g/mol. The SMILES string of the molecule is CC(O)c1ccc(C2CCC(c3ccc(C(=O)Oc4ccc(C5CO5)c(F)c4F)cc3F)CC2)c(F)c1F. The van der Waals surface area contributed by atoms with Crippen molar-refractivity contribution in [1.82, 2.24) is 0 Å². The number of aliphatic hydroxyl groups is 1. The molecule has 1 aliphatic heterocycles. The van der Waals surface area contributed by atoms with Gasteiger partial charge in [-0.2, -0.15) is 4.39 Å². The fourth-order valence-corrected chi connectivity index (χ4v) is 5.18. The summed E-state index contributed by atoms with van der Waals surface area (Å²) < 4.78 is 82.4. The highest BCUT2D eigenvalue weighted by Crippen LogP contribution is 2.43. The van der Waals surface area contributed by atoms with Crippen LogP contribution in [0.15, 0.2) is 42.5 Å². The quantitative estimate of drug-likeness (QED) is 0.158. The zero-order valence-corrected chi connectivity index (χ0v) is 20.4. The third-order valence-electron chi connectivity index (χ3n) is 7.39. The van der Waals surface area contributed by atoms with E-state index in [0.29, 0.717) is 31.2 Å². The number of rotatable bonds is 6. The molecule has 200 valence electrons. The van der Waals surface area contributed by atoms with Gasteiger partial charge in [-0.3, -0.25) is 0 Å². The van der Waals surface area contributed by atoms with Crippen LogP contribution in [0.4, 0.5) is 22.0 Å². The van der Waals surface area contributed by atoms with Crippen LogP contribution in [0.25, 0.3) is 0 Å². The second kappa shape index (κ2) is 10.5. The average Bonchev–Trinajstić information content (AvgIpc) is 3.74. The summed E-state index contributed by atoms with van der Waals surface area (Å²) in [6.07, 6.45) is 0.413. The molecule has 0 aromatic heterocycles. The third kappa shape index (κ3) is 5.05. The van der Waals surface area contributed by atoms with Gasteiger partial charge in [0.1, 0.15) is 11.9 Å². The van der Waals surface area contributed by atoms with Crippen LogP contribution in [-0.2, 0) is 4.74 Å². The van der Waals surface area contributed by atoms with Crippen LogP contribution in [0.5, 0.6) is 5.75 Å². The highest BCUT2D eigenvalue weighted by Gasteiger charge is 2.32. The summed E-state index contributed by atoms with van der Waals surface area (Å²) in [5, 5.41) is 9.59. The van der Waals surface area contributed by atoms with E-state index in [1.807, 2.05) is 0 Å². The Balaban J connectivity index is 1.25. The van der Waals surface area contributed by atoms with Crippen molar-refractivity contribution in [2.75, 3.05) is 6.61 Å².